The third-order valence-corrected chi connectivity index (χ3v) is 8.06. The number of nitrogens with two attached hydrogens (primary N) is 1. The van der Waals surface area contributed by atoms with Crippen LogP contribution in [0.2, 0.25) is 0 Å². The van der Waals surface area contributed by atoms with Crippen LogP contribution in [0.5, 0.6) is 0 Å². The van der Waals surface area contributed by atoms with Gasteiger partial charge < -0.3 is 5.73 Å². The molecule has 0 saturated heterocycles. The fourth-order valence-electron chi connectivity index (χ4n) is 3.21. The lowest BCUT2D eigenvalue weighted by Crippen LogP contribution is -2.26. The molecule has 3 aromatic rings. The molecular weight excluding hydrogens is 398 g/mol. The zero-order chi connectivity index (χ0) is 19.2. The Bertz CT molecular complexity index is 1090. The molecule has 1 aromatic carbocycles. The van der Waals surface area contributed by atoms with E-state index in [4.69, 9.17) is 10.7 Å². The lowest BCUT2D eigenvalue weighted by molar-refractivity contribution is -0.115. The molecule has 0 atom stereocenters. The number of hydrogen-bond donors (Lipinski definition) is 1. The van der Waals surface area contributed by atoms with Crippen molar-refractivity contribution in [2.45, 2.75) is 35.9 Å². The van der Waals surface area contributed by atoms with E-state index in [1.165, 1.54) is 16.6 Å². The van der Waals surface area contributed by atoms with Gasteiger partial charge in [-0.25, -0.2) is 4.98 Å². The number of carbonyl (C=O) groups is 1. The summed E-state index contributed by atoms with van der Waals surface area (Å²) in [6.45, 7) is 4.43. The Kier molecular flexibility index (Phi) is 4.82. The van der Waals surface area contributed by atoms with Gasteiger partial charge in [-0.05, 0) is 24.1 Å². The number of rotatable bonds is 4. The van der Waals surface area contributed by atoms with Crippen LogP contribution < -0.4 is 11.3 Å². The number of benzene rings is 1. The second-order valence-corrected chi connectivity index (χ2v) is 10.7. The molecule has 140 valence electrons. The summed E-state index contributed by atoms with van der Waals surface area (Å²) < 4.78 is 1.71. The van der Waals surface area contributed by atoms with Crippen LogP contribution in [0.25, 0.3) is 15.9 Å². The second-order valence-electron chi connectivity index (χ2n) is 7.03. The standard InChI is InChI=1S/C19H19N3O2S3/c1-19(2)8-12-13(9-26-19)27-16-15(12)17(24)22(11-6-4-3-5-7-11)18(21-16)25-10-14(20)23/h3-7H,8-10H2,1-2H3,(H2,20,23). The topological polar surface area (TPSA) is 78.0 Å². The monoisotopic (exact) mass is 417 g/mol. The number of thiophene rings is 1. The first-order valence-corrected chi connectivity index (χ1v) is 11.3. The Hall–Kier alpha value is -1.77. The molecule has 0 bridgehead atoms. The molecule has 0 fully saturated rings. The summed E-state index contributed by atoms with van der Waals surface area (Å²) >= 11 is 4.71. The number of hydrogen-bond acceptors (Lipinski definition) is 6. The molecular formula is C19H19N3O2S3. The highest BCUT2D eigenvalue weighted by Crippen LogP contribution is 2.44. The number of carbonyl (C=O) groups excluding carboxylic acids is 1. The maximum atomic E-state index is 13.5. The van der Waals surface area contributed by atoms with Gasteiger partial charge in [0.25, 0.3) is 5.56 Å². The molecule has 5 nitrogen and oxygen atoms in total. The van der Waals surface area contributed by atoms with E-state index < -0.39 is 5.91 Å². The third kappa shape index (κ3) is 3.53. The molecule has 0 saturated carbocycles. The van der Waals surface area contributed by atoms with Gasteiger partial charge in [0, 0.05) is 15.4 Å². The number of fused-ring (bicyclic) bond motifs is 3. The third-order valence-electron chi connectivity index (χ3n) is 4.43. The quantitative estimate of drug-likeness (QED) is 0.518. The maximum absolute atomic E-state index is 13.5. The van der Waals surface area contributed by atoms with E-state index in [1.807, 2.05) is 42.1 Å². The molecule has 27 heavy (non-hydrogen) atoms. The van der Waals surface area contributed by atoms with E-state index >= 15 is 0 Å². The first-order chi connectivity index (χ1) is 12.9. The SMILES string of the molecule is CC1(C)Cc2c(sc3nc(SCC(N)=O)n(-c4ccccc4)c(=O)c23)CS1. The summed E-state index contributed by atoms with van der Waals surface area (Å²) in [6, 6.07) is 9.43. The van der Waals surface area contributed by atoms with Gasteiger partial charge in [-0.1, -0.05) is 43.8 Å². The predicted octanol–water partition coefficient (Wildman–Crippen LogP) is 3.59. The van der Waals surface area contributed by atoms with Crippen LogP contribution in [0.15, 0.2) is 40.3 Å². The van der Waals surface area contributed by atoms with Gasteiger partial charge in [0.15, 0.2) is 5.16 Å². The fourth-order valence-corrected chi connectivity index (χ4v) is 6.34. The molecule has 8 heteroatoms. The van der Waals surface area contributed by atoms with Crippen molar-refractivity contribution in [2.24, 2.45) is 5.73 Å². The fraction of sp³-hybridized carbons (Fsp3) is 0.316. The Balaban J connectivity index is 1.97. The van der Waals surface area contributed by atoms with Gasteiger partial charge in [0.05, 0.1) is 16.8 Å². The average Bonchev–Trinajstić information content (AvgIpc) is 2.97. The number of primary amides is 1. The Morgan fingerprint density at radius 1 is 1.33 bits per heavy atom. The van der Waals surface area contributed by atoms with E-state index in [9.17, 15) is 9.59 Å². The van der Waals surface area contributed by atoms with Crippen molar-refractivity contribution < 1.29 is 4.79 Å². The minimum absolute atomic E-state index is 0.0710. The van der Waals surface area contributed by atoms with Crippen molar-refractivity contribution >= 4 is 51.0 Å². The summed E-state index contributed by atoms with van der Waals surface area (Å²) in [6.07, 6.45) is 0.854. The van der Waals surface area contributed by atoms with Gasteiger partial charge in [0.1, 0.15) is 4.83 Å². The van der Waals surface area contributed by atoms with Crippen LogP contribution in [0.1, 0.15) is 24.3 Å². The molecule has 0 aliphatic carbocycles. The molecule has 1 aliphatic heterocycles. The van der Waals surface area contributed by atoms with E-state index in [0.717, 1.165) is 33.6 Å². The summed E-state index contributed by atoms with van der Waals surface area (Å²) in [5.74, 6) is 0.550. The highest BCUT2D eigenvalue weighted by Gasteiger charge is 2.31. The molecule has 0 spiro atoms. The molecule has 0 radical (unpaired) electrons. The van der Waals surface area contributed by atoms with Gasteiger partial charge >= 0.3 is 0 Å². The number of aromatic nitrogens is 2. The normalized spacial score (nSPS) is 15.6. The van der Waals surface area contributed by atoms with Crippen LogP contribution in [0.4, 0.5) is 0 Å². The highest BCUT2D eigenvalue weighted by atomic mass is 32.2. The number of amides is 1. The number of nitrogens with zero attached hydrogens (tertiary/aromatic N) is 2. The van der Waals surface area contributed by atoms with Crippen molar-refractivity contribution in [3.8, 4) is 5.69 Å². The highest BCUT2D eigenvalue weighted by molar-refractivity contribution is 8.00. The molecule has 1 amide bonds. The van der Waals surface area contributed by atoms with Crippen LogP contribution in [0.3, 0.4) is 0 Å². The van der Waals surface area contributed by atoms with Crippen molar-refractivity contribution in [1.29, 1.82) is 0 Å². The van der Waals surface area contributed by atoms with Crippen LogP contribution >= 0.6 is 34.9 Å². The largest absolute Gasteiger partial charge is 0.369 e. The van der Waals surface area contributed by atoms with Crippen molar-refractivity contribution in [3.05, 3.63) is 51.1 Å². The summed E-state index contributed by atoms with van der Waals surface area (Å²) in [7, 11) is 0. The molecule has 2 N–H and O–H groups in total. The van der Waals surface area contributed by atoms with Crippen LogP contribution in [-0.4, -0.2) is 26.0 Å². The first kappa shape index (κ1) is 18.6. The first-order valence-electron chi connectivity index (χ1n) is 8.53. The van der Waals surface area contributed by atoms with E-state index in [2.05, 4.69) is 13.8 Å². The van der Waals surface area contributed by atoms with Crippen LogP contribution in [0, 0.1) is 0 Å². The lowest BCUT2D eigenvalue weighted by Gasteiger charge is -2.28. The van der Waals surface area contributed by atoms with Gasteiger partial charge in [-0.15, -0.1) is 23.1 Å². The summed E-state index contributed by atoms with van der Waals surface area (Å²) in [4.78, 5) is 31.6. The Labute approximate surface area is 169 Å². The average molecular weight is 418 g/mol. The number of thioether (sulfide) groups is 2. The summed E-state index contributed by atoms with van der Waals surface area (Å²) in [5.41, 5.74) is 7.12. The molecule has 1 aliphatic rings. The van der Waals surface area contributed by atoms with E-state index in [-0.39, 0.29) is 16.1 Å². The minimum atomic E-state index is -0.433. The molecule has 0 unspecified atom stereocenters. The lowest BCUT2D eigenvalue weighted by atomic mass is 10.00. The van der Waals surface area contributed by atoms with Crippen LogP contribution in [-0.2, 0) is 17.0 Å². The van der Waals surface area contributed by atoms with E-state index in [0.29, 0.717) is 5.16 Å². The zero-order valence-electron chi connectivity index (χ0n) is 15.0. The Morgan fingerprint density at radius 3 is 2.78 bits per heavy atom. The van der Waals surface area contributed by atoms with Gasteiger partial charge in [0.2, 0.25) is 5.91 Å². The molecule has 4 rings (SSSR count). The van der Waals surface area contributed by atoms with Crippen molar-refractivity contribution in [2.75, 3.05) is 5.75 Å². The van der Waals surface area contributed by atoms with Crippen molar-refractivity contribution in [3.63, 3.8) is 0 Å². The van der Waals surface area contributed by atoms with Crippen molar-refractivity contribution in [1.82, 2.24) is 9.55 Å². The number of para-hydroxylation sites is 1. The zero-order valence-corrected chi connectivity index (χ0v) is 17.5. The van der Waals surface area contributed by atoms with E-state index in [1.54, 1.807) is 15.9 Å². The summed E-state index contributed by atoms with van der Waals surface area (Å²) in [5, 5.41) is 1.22. The molecule has 3 heterocycles. The second kappa shape index (κ2) is 7.00. The van der Waals surface area contributed by atoms with Gasteiger partial charge in [-0.3, -0.25) is 14.2 Å². The smallest absolute Gasteiger partial charge is 0.267 e. The van der Waals surface area contributed by atoms with Gasteiger partial charge in [-0.2, -0.15) is 0 Å². The molecule has 2 aromatic heterocycles. The minimum Gasteiger partial charge on any atom is -0.369 e. The predicted molar refractivity (Wildman–Crippen MR) is 114 cm³/mol. The maximum Gasteiger partial charge on any atom is 0.267 e. The Morgan fingerprint density at radius 2 is 2.07 bits per heavy atom.